The fourth-order valence-electron chi connectivity index (χ4n) is 2.75. The topological polar surface area (TPSA) is 66.5 Å². The average Bonchev–Trinajstić information content (AvgIpc) is 2.55. The van der Waals surface area contributed by atoms with Crippen LogP contribution < -0.4 is 5.32 Å². The molecule has 0 aromatic heterocycles. The van der Waals surface area contributed by atoms with Crippen molar-refractivity contribution in [3.63, 3.8) is 0 Å². The second kappa shape index (κ2) is 6.44. The lowest BCUT2D eigenvalue weighted by Crippen LogP contribution is -2.54. The highest BCUT2D eigenvalue weighted by Crippen LogP contribution is 2.27. The smallest absolute Gasteiger partial charge is 0.277 e. The molecular formula is C18H16N2O3. The van der Waals surface area contributed by atoms with E-state index in [0.29, 0.717) is 6.42 Å². The lowest BCUT2D eigenvalue weighted by Gasteiger charge is -2.33. The molecule has 0 bridgehead atoms. The predicted octanol–water partition coefficient (Wildman–Crippen LogP) is 2.44. The number of rotatable bonds is 4. The number of hydrogen-bond donors (Lipinski definition) is 1. The summed E-state index contributed by atoms with van der Waals surface area (Å²) in [6.07, 6.45) is 0.196. The van der Waals surface area contributed by atoms with Gasteiger partial charge in [0.05, 0.1) is 6.04 Å². The summed E-state index contributed by atoms with van der Waals surface area (Å²) in [5.74, 6) is -1.02. The zero-order valence-corrected chi connectivity index (χ0v) is 12.4. The summed E-state index contributed by atoms with van der Waals surface area (Å²) in [6, 6.07) is 17.9. The zero-order chi connectivity index (χ0) is 16.2. The SMILES string of the molecule is O=C1CC(=O)N(C(Cc2ccccc2)c2ccccc2)C(=O)N1. The van der Waals surface area contributed by atoms with E-state index in [4.69, 9.17) is 0 Å². The first-order valence-electron chi connectivity index (χ1n) is 7.40. The highest BCUT2D eigenvalue weighted by molar-refractivity contribution is 6.14. The Morgan fingerprint density at radius 1 is 0.913 bits per heavy atom. The maximum atomic E-state index is 12.3. The van der Waals surface area contributed by atoms with E-state index in [1.54, 1.807) is 0 Å². The van der Waals surface area contributed by atoms with Crippen molar-refractivity contribution in [3.05, 3.63) is 71.8 Å². The number of imide groups is 2. The van der Waals surface area contributed by atoms with Crippen LogP contribution in [0.4, 0.5) is 4.79 Å². The van der Waals surface area contributed by atoms with Gasteiger partial charge in [-0.25, -0.2) is 4.79 Å². The van der Waals surface area contributed by atoms with E-state index in [2.05, 4.69) is 5.32 Å². The molecule has 1 fully saturated rings. The van der Waals surface area contributed by atoms with E-state index < -0.39 is 23.9 Å². The second-order valence-corrected chi connectivity index (χ2v) is 5.41. The molecule has 5 heteroatoms. The number of benzene rings is 2. The van der Waals surface area contributed by atoms with E-state index in [9.17, 15) is 14.4 Å². The minimum Gasteiger partial charge on any atom is -0.277 e. The van der Waals surface area contributed by atoms with Gasteiger partial charge in [-0.2, -0.15) is 0 Å². The van der Waals surface area contributed by atoms with Crippen molar-refractivity contribution >= 4 is 17.8 Å². The van der Waals surface area contributed by atoms with Gasteiger partial charge in [0.2, 0.25) is 11.8 Å². The van der Waals surface area contributed by atoms with E-state index in [1.165, 1.54) is 0 Å². The quantitative estimate of drug-likeness (QED) is 0.882. The number of carbonyl (C=O) groups excluding carboxylic acids is 3. The van der Waals surface area contributed by atoms with Gasteiger partial charge in [-0.1, -0.05) is 60.7 Å². The molecule has 2 aromatic rings. The highest BCUT2D eigenvalue weighted by Gasteiger charge is 2.36. The summed E-state index contributed by atoms with van der Waals surface area (Å²) in [7, 11) is 0. The minimum absolute atomic E-state index is 0.302. The Hall–Kier alpha value is -2.95. The molecule has 0 radical (unpaired) electrons. The van der Waals surface area contributed by atoms with Crippen LogP contribution in [0.3, 0.4) is 0 Å². The van der Waals surface area contributed by atoms with Gasteiger partial charge >= 0.3 is 6.03 Å². The van der Waals surface area contributed by atoms with Crippen LogP contribution in [0.15, 0.2) is 60.7 Å². The molecule has 0 saturated carbocycles. The third-order valence-electron chi connectivity index (χ3n) is 3.81. The fourth-order valence-corrected chi connectivity index (χ4v) is 2.75. The van der Waals surface area contributed by atoms with Crippen molar-refractivity contribution in [2.45, 2.75) is 18.9 Å². The number of hydrogen-bond acceptors (Lipinski definition) is 3. The first-order valence-corrected chi connectivity index (χ1v) is 7.40. The largest absolute Gasteiger partial charge is 0.331 e. The Morgan fingerprint density at radius 3 is 2.13 bits per heavy atom. The molecule has 1 aliphatic rings. The average molecular weight is 308 g/mol. The van der Waals surface area contributed by atoms with Gasteiger partial charge in [-0.15, -0.1) is 0 Å². The maximum absolute atomic E-state index is 12.3. The molecule has 0 spiro atoms. The first-order chi connectivity index (χ1) is 11.1. The van der Waals surface area contributed by atoms with Gasteiger partial charge in [0.1, 0.15) is 6.42 Å². The van der Waals surface area contributed by atoms with Crippen LogP contribution >= 0.6 is 0 Å². The molecule has 1 saturated heterocycles. The zero-order valence-electron chi connectivity index (χ0n) is 12.4. The molecule has 23 heavy (non-hydrogen) atoms. The molecule has 1 atom stereocenters. The Kier molecular flexibility index (Phi) is 4.19. The molecular weight excluding hydrogens is 292 g/mol. The highest BCUT2D eigenvalue weighted by atomic mass is 16.2. The summed E-state index contributed by atoms with van der Waals surface area (Å²) in [4.78, 5) is 37.0. The van der Waals surface area contributed by atoms with Crippen LogP contribution in [0.1, 0.15) is 23.6 Å². The normalized spacial score (nSPS) is 16.2. The third-order valence-corrected chi connectivity index (χ3v) is 3.81. The van der Waals surface area contributed by atoms with Crippen LogP contribution in [0.25, 0.3) is 0 Å². The van der Waals surface area contributed by atoms with Gasteiger partial charge in [-0.3, -0.25) is 19.8 Å². The Bertz CT molecular complexity index is 708. The van der Waals surface area contributed by atoms with Crippen LogP contribution in [0.5, 0.6) is 0 Å². The lowest BCUT2D eigenvalue weighted by molar-refractivity contribution is -0.137. The molecule has 2 aromatic carbocycles. The summed E-state index contributed by atoms with van der Waals surface area (Å²) < 4.78 is 0. The minimum atomic E-state index is -0.656. The standard InChI is InChI=1S/C18H16N2O3/c21-16-12-17(22)20(18(23)19-16)15(14-9-5-2-6-10-14)11-13-7-3-1-4-8-13/h1-10,15H,11-12H2,(H,19,21,23). The molecule has 1 N–H and O–H groups in total. The molecule has 1 aliphatic heterocycles. The van der Waals surface area contributed by atoms with E-state index >= 15 is 0 Å². The molecule has 116 valence electrons. The molecule has 4 amide bonds. The van der Waals surface area contributed by atoms with E-state index in [1.807, 2.05) is 60.7 Å². The molecule has 5 nitrogen and oxygen atoms in total. The summed E-state index contributed by atoms with van der Waals surface area (Å²) in [5, 5.41) is 2.22. The van der Waals surface area contributed by atoms with E-state index in [-0.39, 0.29) is 6.42 Å². The number of amides is 4. The lowest BCUT2D eigenvalue weighted by atomic mass is 9.96. The monoisotopic (exact) mass is 308 g/mol. The number of nitrogens with one attached hydrogen (secondary N) is 1. The van der Waals surface area contributed by atoms with Crippen molar-refractivity contribution in [2.75, 3.05) is 0 Å². The first kappa shape index (κ1) is 15.0. The second-order valence-electron chi connectivity index (χ2n) is 5.41. The predicted molar refractivity (Wildman–Crippen MR) is 84.3 cm³/mol. The Morgan fingerprint density at radius 2 is 1.52 bits per heavy atom. The van der Waals surface area contributed by atoms with Crippen molar-refractivity contribution in [1.82, 2.24) is 10.2 Å². The maximum Gasteiger partial charge on any atom is 0.331 e. The van der Waals surface area contributed by atoms with Gasteiger partial charge in [0, 0.05) is 0 Å². The van der Waals surface area contributed by atoms with Crippen molar-refractivity contribution < 1.29 is 14.4 Å². The van der Waals surface area contributed by atoms with Crippen LogP contribution in [0.2, 0.25) is 0 Å². The molecule has 1 heterocycles. The molecule has 3 rings (SSSR count). The van der Waals surface area contributed by atoms with Crippen molar-refractivity contribution in [2.24, 2.45) is 0 Å². The van der Waals surface area contributed by atoms with Crippen LogP contribution in [-0.4, -0.2) is 22.7 Å². The Balaban J connectivity index is 1.96. The van der Waals surface area contributed by atoms with Gasteiger partial charge < -0.3 is 0 Å². The van der Waals surface area contributed by atoms with Gasteiger partial charge in [0.25, 0.3) is 0 Å². The summed E-state index contributed by atoms with van der Waals surface area (Å²) in [5.41, 5.74) is 1.87. The fraction of sp³-hybridized carbons (Fsp3) is 0.167. The summed E-state index contributed by atoms with van der Waals surface area (Å²) in [6.45, 7) is 0. The Labute approximate surface area is 133 Å². The third kappa shape index (κ3) is 3.29. The van der Waals surface area contributed by atoms with E-state index in [0.717, 1.165) is 16.0 Å². The molecule has 1 unspecified atom stereocenters. The summed E-state index contributed by atoms with van der Waals surface area (Å²) >= 11 is 0. The van der Waals surface area contributed by atoms with Crippen LogP contribution in [-0.2, 0) is 16.0 Å². The number of urea groups is 1. The van der Waals surface area contributed by atoms with Gasteiger partial charge in [0.15, 0.2) is 0 Å². The molecule has 0 aliphatic carbocycles. The number of carbonyl (C=O) groups is 3. The number of nitrogens with zero attached hydrogens (tertiary/aromatic N) is 1. The van der Waals surface area contributed by atoms with Crippen LogP contribution in [0, 0.1) is 0 Å². The van der Waals surface area contributed by atoms with Gasteiger partial charge in [-0.05, 0) is 17.5 Å². The number of barbiturate groups is 1. The van der Waals surface area contributed by atoms with Crippen molar-refractivity contribution in [3.8, 4) is 0 Å². The van der Waals surface area contributed by atoms with Crippen molar-refractivity contribution in [1.29, 1.82) is 0 Å².